The Kier molecular flexibility index (Phi) is 2.42. The van der Waals surface area contributed by atoms with Crippen LogP contribution in [-0.4, -0.2) is 31.3 Å². The topological polar surface area (TPSA) is 72.2 Å². The lowest BCUT2D eigenvalue weighted by Crippen LogP contribution is -2.40. The van der Waals surface area contributed by atoms with Gasteiger partial charge in [0.1, 0.15) is 0 Å². The van der Waals surface area contributed by atoms with E-state index in [4.69, 9.17) is 0 Å². The molecule has 0 aliphatic heterocycles. The van der Waals surface area contributed by atoms with Crippen LogP contribution in [0.2, 0.25) is 0 Å². The summed E-state index contributed by atoms with van der Waals surface area (Å²) in [5.74, 6) is 0.503. The monoisotopic (exact) mass is 239 g/mol. The molecule has 2 aromatic rings. The average Bonchev–Trinajstić information content (AvgIpc) is 2.65. The molecule has 1 N–H and O–H groups in total. The minimum Gasteiger partial charge on any atom is -0.345 e. The Bertz CT molecular complexity index is 536. The van der Waals surface area contributed by atoms with E-state index in [1.165, 1.54) is 11.3 Å². The predicted octanol–water partition coefficient (Wildman–Crippen LogP) is 1.02. The van der Waals surface area contributed by atoms with Crippen LogP contribution in [0.1, 0.15) is 36.4 Å². The summed E-state index contributed by atoms with van der Waals surface area (Å²) in [6.07, 6.45) is 0. The van der Waals surface area contributed by atoms with Gasteiger partial charge in [0.2, 0.25) is 9.97 Å². The van der Waals surface area contributed by atoms with Crippen LogP contribution >= 0.6 is 11.3 Å². The fraction of sp³-hybridized carbons (Fsp3) is 0.556. The summed E-state index contributed by atoms with van der Waals surface area (Å²) in [6.45, 7) is 7.58. The van der Waals surface area contributed by atoms with Crippen molar-refractivity contribution in [2.75, 3.05) is 0 Å². The van der Waals surface area contributed by atoms with Crippen LogP contribution in [0, 0.1) is 6.92 Å². The molecule has 0 fully saturated rings. The molecule has 16 heavy (non-hydrogen) atoms. The third-order valence-corrected chi connectivity index (χ3v) is 2.73. The maximum absolute atomic E-state index is 11.8. The van der Waals surface area contributed by atoms with E-state index >= 15 is 0 Å². The van der Waals surface area contributed by atoms with Crippen LogP contribution < -0.4 is 5.32 Å². The van der Waals surface area contributed by atoms with Gasteiger partial charge in [0.25, 0.3) is 5.91 Å². The molecule has 1 amide bonds. The highest BCUT2D eigenvalue weighted by atomic mass is 32.1. The number of rotatable bonds is 1. The lowest BCUT2D eigenvalue weighted by Gasteiger charge is -2.19. The molecular weight excluding hydrogens is 226 g/mol. The highest BCUT2D eigenvalue weighted by Crippen LogP contribution is 2.14. The van der Waals surface area contributed by atoms with Crippen LogP contribution in [0.15, 0.2) is 0 Å². The van der Waals surface area contributed by atoms with Gasteiger partial charge in [0, 0.05) is 5.54 Å². The van der Waals surface area contributed by atoms with E-state index in [1.54, 1.807) is 11.4 Å². The van der Waals surface area contributed by atoms with Gasteiger partial charge in [-0.05, 0) is 27.7 Å². The highest BCUT2D eigenvalue weighted by molar-refractivity contribution is 7.18. The first kappa shape index (κ1) is 11.0. The largest absolute Gasteiger partial charge is 0.345 e. The number of aryl methyl sites for hydroxylation is 1. The van der Waals surface area contributed by atoms with Crippen molar-refractivity contribution in [1.29, 1.82) is 0 Å². The van der Waals surface area contributed by atoms with E-state index < -0.39 is 0 Å². The first-order valence-corrected chi connectivity index (χ1v) is 5.70. The third-order valence-electron chi connectivity index (χ3n) is 1.83. The van der Waals surface area contributed by atoms with Gasteiger partial charge in [-0.1, -0.05) is 11.3 Å². The van der Waals surface area contributed by atoms with Gasteiger partial charge in [0.05, 0.1) is 0 Å². The number of fused-ring (bicyclic) bond motifs is 1. The number of carbonyl (C=O) groups is 1. The second kappa shape index (κ2) is 3.51. The Morgan fingerprint density at radius 2 is 2.06 bits per heavy atom. The molecule has 0 atom stereocenters. The lowest BCUT2D eigenvalue weighted by molar-refractivity contribution is 0.0918. The molecule has 0 saturated carbocycles. The molecule has 0 aromatic carbocycles. The predicted molar refractivity (Wildman–Crippen MR) is 60.6 cm³/mol. The molecule has 2 rings (SSSR count). The van der Waals surface area contributed by atoms with Crippen LogP contribution in [0.5, 0.6) is 0 Å². The summed E-state index contributed by atoms with van der Waals surface area (Å²) in [7, 11) is 0. The Morgan fingerprint density at radius 3 is 2.62 bits per heavy atom. The molecule has 0 saturated heterocycles. The first-order valence-electron chi connectivity index (χ1n) is 4.88. The highest BCUT2D eigenvalue weighted by Gasteiger charge is 2.20. The quantitative estimate of drug-likeness (QED) is 0.806. The zero-order chi connectivity index (χ0) is 11.9. The molecule has 0 spiro atoms. The van der Waals surface area contributed by atoms with Crippen LogP contribution in [0.4, 0.5) is 0 Å². The Morgan fingerprint density at radius 1 is 1.38 bits per heavy atom. The van der Waals surface area contributed by atoms with Crippen LogP contribution in [-0.2, 0) is 0 Å². The zero-order valence-electron chi connectivity index (χ0n) is 9.61. The molecule has 7 heteroatoms. The lowest BCUT2D eigenvalue weighted by atomic mass is 10.1. The van der Waals surface area contributed by atoms with Crippen LogP contribution in [0.3, 0.4) is 0 Å². The molecule has 2 aromatic heterocycles. The SMILES string of the molecule is Cc1nnc2sc(C(=O)NC(C)(C)C)nn12. The first-order chi connectivity index (χ1) is 7.37. The molecule has 6 nitrogen and oxygen atoms in total. The van der Waals surface area contributed by atoms with E-state index in [0.29, 0.717) is 15.8 Å². The number of nitrogens with zero attached hydrogens (tertiary/aromatic N) is 4. The number of carbonyl (C=O) groups excluding carboxylic acids is 1. The van der Waals surface area contributed by atoms with Crippen molar-refractivity contribution >= 4 is 22.2 Å². The van der Waals surface area contributed by atoms with Crippen molar-refractivity contribution in [2.45, 2.75) is 33.2 Å². The summed E-state index contributed by atoms with van der Waals surface area (Å²) < 4.78 is 1.57. The number of nitrogens with one attached hydrogen (secondary N) is 1. The normalized spacial score (nSPS) is 12.0. The smallest absolute Gasteiger partial charge is 0.282 e. The zero-order valence-corrected chi connectivity index (χ0v) is 10.4. The Hall–Kier alpha value is -1.50. The van der Waals surface area contributed by atoms with Gasteiger partial charge in [-0.2, -0.15) is 4.52 Å². The fourth-order valence-electron chi connectivity index (χ4n) is 1.20. The molecular formula is C9H13N5OS. The molecule has 0 bridgehead atoms. The minimum atomic E-state index is -0.266. The molecule has 0 unspecified atom stereocenters. The van der Waals surface area contributed by atoms with E-state index in [2.05, 4.69) is 20.6 Å². The van der Waals surface area contributed by atoms with E-state index in [9.17, 15) is 4.79 Å². The van der Waals surface area contributed by atoms with Crippen molar-refractivity contribution in [2.24, 2.45) is 0 Å². The molecule has 0 aliphatic rings. The van der Waals surface area contributed by atoms with Gasteiger partial charge >= 0.3 is 0 Å². The van der Waals surface area contributed by atoms with Gasteiger partial charge < -0.3 is 5.32 Å². The van der Waals surface area contributed by atoms with E-state index in [0.717, 1.165) is 0 Å². The second-order valence-corrected chi connectivity index (χ2v) is 5.51. The number of hydrogen-bond acceptors (Lipinski definition) is 5. The van der Waals surface area contributed by atoms with Crippen LogP contribution in [0.25, 0.3) is 4.96 Å². The standard InChI is InChI=1S/C9H13N5OS/c1-5-11-12-8-14(5)13-7(16-8)6(15)10-9(2,3)4/h1-4H3,(H,10,15). The van der Waals surface area contributed by atoms with Gasteiger partial charge in [-0.3, -0.25) is 4.79 Å². The Balaban J connectivity index is 2.30. The maximum Gasteiger partial charge on any atom is 0.282 e. The fourth-order valence-corrected chi connectivity index (χ4v) is 1.98. The van der Waals surface area contributed by atoms with E-state index in [1.807, 2.05) is 20.8 Å². The van der Waals surface area contributed by atoms with Gasteiger partial charge in [-0.25, -0.2) is 0 Å². The summed E-state index contributed by atoms with van der Waals surface area (Å²) in [6, 6.07) is 0. The molecule has 2 heterocycles. The minimum absolute atomic E-state index is 0.178. The Labute approximate surface area is 96.7 Å². The van der Waals surface area contributed by atoms with Crippen molar-refractivity contribution in [3.63, 3.8) is 0 Å². The summed E-state index contributed by atoms with van der Waals surface area (Å²) >= 11 is 1.23. The van der Waals surface area contributed by atoms with Crippen molar-refractivity contribution in [3.05, 3.63) is 10.8 Å². The third kappa shape index (κ3) is 2.04. The van der Waals surface area contributed by atoms with Gasteiger partial charge in [-0.15, -0.1) is 15.3 Å². The summed E-state index contributed by atoms with van der Waals surface area (Å²) in [5.41, 5.74) is -0.266. The van der Waals surface area contributed by atoms with Crippen molar-refractivity contribution in [3.8, 4) is 0 Å². The van der Waals surface area contributed by atoms with Gasteiger partial charge in [0.15, 0.2) is 5.82 Å². The number of hydrogen-bond donors (Lipinski definition) is 1. The second-order valence-electron chi connectivity index (χ2n) is 4.55. The number of aromatic nitrogens is 4. The molecule has 0 aliphatic carbocycles. The molecule has 86 valence electrons. The molecule has 0 radical (unpaired) electrons. The maximum atomic E-state index is 11.8. The number of amides is 1. The van der Waals surface area contributed by atoms with E-state index in [-0.39, 0.29) is 11.4 Å². The summed E-state index contributed by atoms with van der Waals surface area (Å²) in [4.78, 5) is 12.5. The van der Waals surface area contributed by atoms with Crippen molar-refractivity contribution in [1.82, 2.24) is 25.1 Å². The summed E-state index contributed by atoms with van der Waals surface area (Å²) in [5, 5.41) is 15.2. The average molecular weight is 239 g/mol. The van der Waals surface area contributed by atoms with Crippen molar-refractivity contribution < 1.29 is 4.79 Å².